The lowest BCUT2D eigenvalue weighted by atomic mass is 10.1. The molecule has 1 amide bonds. The van der Waals surface area contributed by atoms with Gasteiger partial charge in [-0.2, -0.15) is 5.26 Å². The topological polar surface area (TPSA) is 53.3 Å². The van der Waals surface area contributed by atoms with E-state index >= 15 is 0 Å². The summed E-state index contributed by atoms with van der Waals surface area (Å²) in [5, 5.41) is 8.86. The summed E-state index contributed by atoms with van der Waals surface area (Å²) in [6, 6.07) is 17.1. The van der Waals surface area contributed by atoms with Gasteiger partial charge in [-0.05, 0) is 23.8 Å². The lowest BCUT2D eigenvalue weighted by Crippen LogP contribution is -2.31. The summed E-state index contributed by atoms with van der Waals surface area (Å²) in [4.78, 5) is 14.6. The SMILES string of the molecule is COc1ccc(Br)cc1C(=O)N(CCC#N)Cc1ccccc1. The molecule has 0 atom stereocenters. The van der Waals surface area contributed by atoms with E-state index in [0.29, 0.717) is 24.4 Å². The zero-order valence-corrected chi connectivity index (χ0v) is 14.4. The van der Waals surface area contributed by atoms with Crippen molar-refractivity contribution in [1.29, 1.82) is 5.26 Å². The maximum atomic E-state index is 12.9. The summed E-state index contributed by atoms with van der Waals surface area (Å²) in [6.45, 7) is 0.830. The molecule has 0 N–H and O–H groups in total. The van der Waals surface area contributed by atoms with Crippen molar-refractivity contribution in [3.63, 3.8) is 0 Å². The Morgan fingerprint density at radius 1 is 1.26 bits per heavy atom. The maximum absolute atomic E-state index is 12.9. The molecule has 2 rings (SSSR count). The standard InChI is InChI=1S/C18H17BrN2O2/c1-23-17-9-8-15(19)12-16(17)18(22)21(11-5-10-20)13-14-6-3-2-4-7-14/h2-4,6-9,12H,5,11,13H2,1H3. The smallest absolute Gasteiger partial charge is 0.257 e. The highest BCUT2D eigenvalue weighted by atomic mass is 79.9. The molecule has 0 aliphatic rings. The molecule has 0 fully saturated rings. The number of nitrogens with zero attached hydrogens (tertiary/aromatic N) is 2. The Balaban J connectivity index is 2.29. The van der Waals surface area contributed by atoms with Crippen LogP contribution in [0.3, 0.4) is 0 Å². The van der Waals surface area contributed by atoms with Crippen molar-refractivity contribution >= 4 is 21.8 Å². The minimum absolute atomic E-state index is 0.151. The second-order valence-electron chi connectivity index (χ2n) is 4.97. The minimum atomic E-state index is -0.151. The number of rotatable bonds is 6. The monoisotopic (exact) mass is 372 g/mol. The number of nitriles is 1. The molecule has 118 valence electrons. The lowest BCUT2D eigenvalue weighted by molar-refractivity contribution is 0.0743. The van der Waals surface area contributed by atoms with Crippen LogP contribution >= 0.6 is 15.9 Å². The van der Waals surface area contributed by atoms with E-state index < -0.39 is 0 Å². The van der Waals surface area contributed by atoms with E-state index in [1.54, 1.807) is 17.0 Å². The highest BCUT2D eigenvalue weighted by molar-refractivity contribution is 9.10. The van der Waals surface area contributed by atoms with Gasteiger partial charge >= 0.3 is 0 Å². The van der Waals surface area contributed by atoms with Gasteiger partial charge < -0.3 is 9.64 Å². The number of halogens is 1. The molecule has 0 spiro atoms. The highest BCUT2D eigenvalue weighted by Crippen LogP contribution is 2.25. The summed E-state index contributed by atoms with van der Waals surface area (Å²) in [6.07, 6.45) is 0.287. The molecule has 0 bridgehead atoms. The zero-order valence-electron chi connectivity index (χ0n) is 12.8. The van der Waals surface area contributed by atoms with E-state index in [1.807, 2.05) is 36.4 Å². The Kier molecular flexibility index (Phi) is 6.19. The Morgan fingerprint density at radius 2 is 2.00 bits per heavy atom. The number of carbonyl (C=O) groups excluding carboxylic acids is 1. The average molecular weight is 373 g/mol. The normalized spacial score (nSPS) is 9.96. The van der Waals surface area contributed by atoms with E-state index in [9.17, 15) is 4.79 Å². The summed E-state index contributed by atoms with van der Waals surface area (Å²) >= 11 is 3.38. The van der Waals surface area contributed by atoms with Gasteiger partial charge in [-0.3, -0.25) is 4.79 Å². The van der Waals surface area contributed by atoms with Gasteiger partial charge in [0.1, 0.15) is 5.75 Å². The van der Waals surface area contributed by atoms with E-state index in [1.165, 1.54) is 7.11 Å². The maximum Gasteiger partial charge on any atom is 0.257 e. The molecule has 4 nitrogen and oxygen atoms in total. The number of hydrogen-bond donors (Lipinski definition) is 0. The molecule has 2 aromatic carbocycles. The van der Waals surface area contributed by atoms with Crippen LogP contribution in [0.15, 0.2) is 53.0 Å². The van der Waals surface area contributed by atoms with E-state index in [2.05, 4.69) is 22.0 Å². The fraction of sp³-hybridized carbons (Fsp3) is 0.222. The van der Waals surface area contributed by atoms with Crippen LogP contribution in [-0.2, 0) is 6.54 Å². The fourth-order valence-electron chi connectivity index (χ4n) is 2.26. The molecule has 0 unspecified atom stereocenters. The molecule has 0 aromatic heterocycles. The first-order valence-electron chi connectivity index (χ1n) is 7.19. The van der Waals surface area contributed by atoms with Crippen LogP contribution in [0.1, 0.15) is 22.3 Å². The van der Waals surface area contributed by atoms with Crippen LogP contribution in [0.5, 0.6) is 5.75 Å². The fourth-order valence-corrected chi connectivity index (χ4v) is 2.62. The number of carbonyl (C=O) groups is 1. The molecular weight excluding hydrogens is 356 g/mol. The Morgan fingerprint density at radius 3 is 2.65 bits per heavy atom. The zero-order chi connectivity index (χ0) is 16.7. The van der Waals surface area contributed by atoms with Crippen LogP contribution in [0.2, 0.25) is 0 Å². The van der Waals surface area contributed by atoms with Crippen LogP contribution in [0, 0.1) is 11.3 Å². The van der Waals surface area contributed by atoms with Gasteiger partial charge in [-0.1, -0.05) is 46.3 Å². The van der Waals surface area contributed by atoms with Gasteiger partial charge in [0.25, 0.3) is 5.91 Å². The number of hydrogen-bond acceptors (Lipinski definition) is 3. The Labute approximate surface area is 144 Å². The third-order valence-corrected chi connectivity index (χ3v) is 3.88. The van der Waals surface area contributed by atoms with Crippen molar-refractivity contribution < 1.29 is 9.53 Å². The van der Waals surface area contributed by atoms with Crippen molar-refractivity contribution in [1.82, 2.24) is 4.90 Å². The predicted molar refractivity (Wildman–Crippen MR) is 92.1 cm³/mol. The first-order valence-corrected chi connectivity index (χ1v) is 7.98. The molecule has 0 heterocycles. The molecule has 0 aliphatic heterocycles. The minimum Gasteiger partial charge on any atom is -0.496 e. The van der Waals surface area contributed by atoms with Gasteiger partial charge in [0.05, 0.1) is 25.2 Å². The molecule has 0 saturated heterocycles. The molecule has 0 radical (unpaired) electrons. The van der Waals surface area contributed by atoms with E-state index in [-0.39, 0.29) is 12.3 Å². The molecule has 0 saturated carbocycles. The summed E-state index contributed by atoms with van der Waals surface area (Å²) < 4.78 is 6.10. The van der Waals surface area contributed by atoms with Crippen LogP contribution in [0.25, 0.3) is 0 Å². The third-order valence-electron chi connectivity index (χ3n) is 3.39. The van der Waals surface area contributed by atoms with Crippen LogP contribution < -0.4 is 4.74 Å². The number of amides is 1. The highest BCUT2D eigenvalue weighted by Gasteiger charge is 2.20. The number of ether oxygens (including phenoxy) is 1. The largest absolute Gasteiger partial charge is 0.496 e. The van der Waals surface area contributed by atoms with Gasteiger partial charge in [0.15, 0.2) is 0 Å². The average Bonchev–Trinajstić information content (AvgIpc) is 2.58. The van der Waals surface area contributed by atoms with Gasteiger partial charge in [-0.25, -0.2) is 0 Å². The first kappa shape index (κ1) is 17.0. The summed E-state index contributed by atoms with van der Waals surface area (Å²) in [7, 11) is 1.54. The predicted octanol–water partition coefficient (Wildman–Crippen LogP) is 4.01. The van der Waals surface area contributed by atoms with Crippen molar-refractivity contribution in [3.8, 4) is 11.8 Å². The third kappa shape index (κ3) is 4.57. The molecular formula is C18H17BrN2O2. The van der Waals surface area contributed by atoms with Crippen LogP contribution in [0.4, 0.5) is 0 Å². The van der Waals surface area contributed by atoms with Crippen LogP contribution in [-0.4, -0.2) is 24.5 Å². The molecule has 5 heteroatoms. The molecule has 0 aliphatic carbocycles. The van der Waals surface area contributed by atoms with Gasteiger partial charge in [0.2, 0.25) is 0 Å². The number of methoxy groups -OCH3 is 1. The first-order chi connectivity index (χ1) is 11.2. The molecule has 23 heavy (non-hydrogen) atoms. The van der Waals surface area contributed by atoms with Crippen molar-refractivity contribution in [2.75, 3.05) is 13.7 Å². The second kappa shape index (κ2) is 8.35. The van der Waals surface area contributed by atoms with Crippen molar-refractivity contribution in [2.24, 2.45) is 0 Å². The lowest BCUT2D eigenvalue weighted by Gasteiger charge is -2.23. The second-order valence-corrected chi connectivity index (χ2v) is 5.88. The summed E-state index contributed by atoms with van der Waals surface area (Å²) in [5.74, 6) is 0.371. The number of benzene rings is 2. The van der Waals surface area contributed by atoms with E-state index in [0.717, 1.165) is 10.0 Å². The Hall–Kier alpha value is -2.32. The van der Waals surface area contributed by atoms with Crippen molar-refractivity contribution in [3.05, 3.63) is 64.1 Å². The van der Waals surface area contributed by atoms with Crippen molar-refractivity contribution in [2.45, 2.75) is 13.0 Å². The molecule has 2 aromatic rings. The quantitative estimate of drug-likeness (QED) is 0.769. The van der Waals surface area contributed by atoms with E-state index in [4.69, 9.17) is 10.00 Å². The Bertz CT molecular complexity index is 711. The van der Waals surface area contributed by atoms with Gasteiger partial charge in [0, 0.05) is 17.6 Å². The van der Waals surface area contributed by atoms with Gasteiger partial charge in [-0.15, -0.1) is 0 Å². The summed E-state index contributed by atoms with van der Waals surface area (Å²) in [5.41, 5.74) is 1.50.